The SMILES string of the molecule is Cc1cc(C)cc(C(CC(C)C)NC(=O)c2cc(COc3ccc(F)cc3C)ccc2CCC(=O)O)c1. The number of carbonyl (C=O) groups is 2. The average molecular weight is 506 g/mol. The van der Waals surface area contributed by atoms with Gasteiger partial charge in [0.15, 0.2) is 0 Å². The number of rotatable bonds is 11. The number of carboxylic acids is 1. The van der Waals surface area contributed by atoms with Crippen LogP contribution < -0.4 is 10.1 Å². The van der Waals surface area contributed by atoms with Gasteiger partial charge in [0.05, 0.1) is 6.04 Å². The van der Waals surface area contributed by atoms with E-state index in [1.54, 1.807) is 25.1 Å². The molecule has 5 nitrogen and oxygen atoms in total. The van der Waals surface area contributed by atoms with Crippen molar-refractivity contribution in [2.45, 2.75) is 66.5 Å². The summed E-state index contributed by atoms with van der Waals surface area (Å²) in [5.41, 5.74) is 5.88. The molecule has 3 rings (SSSR count). The standard InChI is InChI=1S/C31H36FNO4/c1-19(2)12-28(25-14-20(3)13-21(4)15-25)33-31(36)27-17-23(6-7-24(27)8-11-30(34)35)18-37-29-10-9-26(32)16-22(29)5/h6-7,9-10,13-17,19,28H,8,11-12,18H2,1-5H3,(H,33,36)(H,34,35). The maximum atomic E-state index is 13.6. The molecular weight excluding hydrogens is 469 g/mol. The van der Waals surface area contributed by atoms with Gasteiger partial charge < -0.3 is 15.2 Å². The van der Waals surface area contributed by atoms with Gasteiger partial charge >= 0.3 is 5.97 Å². The molecule has 0 bridgehead atoms. The molecule has 0 aliphatic heterocycles. The molecule has 6 heteroatoms. The number of nitrogens with one attached hydrogen (secondary N) is 1. The first-order valence-corrected chi connectivity index (χ1v) is 12.6. The van der Waals surface area contributed by atoms with Crippen LogP contribution >= 0.6 is 0 Å². The topological polar surface area (TPSA) is 75.6 Å². The van der Waals surface area contributed by atoms with Crippen LogP contribution in [0.1, 0.15) is 76.5 Å². The van der Waals surface area contributed by atoms with Crippen LogP contribution in [0.3, 0.4) is 0 Å². The van der Waals surface area contributed by atoms with Crippen molar-refractivity contribution in [3.63, 3.8) is 0 Å². The summed E-state index contributed by atoms with van der Waals surface area (Å²) in [7, 11) is 0. The average Bonchev–Trinajstić information content (AvgIpc) is 2.81. The minimum absolute atomic E-state index is 0.0720. The zero-order valence-electron chi connectivity index (χ0n) is 22.2. The summed E-state index contributed by atoms with van der Waals surface area (Å²) in [6.45, 7) is 10.3. The van der Waals surface area contributed by atoms with Crippen LogP contribution in [0, 0.1) is 32.5 Å². The smallest absolute Gasteiger partial charge is 0.303 e. The van der Waals surface area contributed by atoms with Crippen LogP contribution in [0.5, 0.6) is 5.75 Å². The van der Waals surface area contributed by atoms with Crippen LogP contribution in [-0.4, -0.2) is 17.0 Å². The van der Waals surface area contributed by atoms with Gasteiger partial charge in [0.2, 0.25) is 0 Å². The minimum Gasteiger partial charge on any atom is -0.489 e. The Kier molecular flexibility index (Phi) is 9.45. The van der Waals surface area contributed by atoms with Crippen LogP contribution in [0.4, 0.5) is 4.39 Å². The Morgan fingerprint density at radius 2 is 1.68 bits per heavy atom. The van der Waals surface area contributed by atoms with E-state index in [0.717, 1.165) is 28.7 Å². The van der Waals surface area contributed by atoms with Gasteiger partial charge in [0.25, 0.3) is 5.91 Å². The predicted octanol–water partition coefficient (Wildman–Crippen LogP) is 6.86. The van der Waals surface area contributed by atoms with Gasteiger partial charge in [-0.05, 0) is 86.1 Å². The van der Waals surface area contributed by atoms with E-state index in [1.807, 2.05) is 19.9 Å². The van der Waals surface area contributed by atoms with Gasteiger partial charge in [-0.15, -0.1) is 0 Å². The number of hydrogen-bond acceptors (Lipinski definition) is 3. The van der Waals surface area contributed by atoms with E-state index in [0.29, 0.717) is 28.4 Å². The number of amides is 1. The molecule has 3 aromatic rings. The van der Waals surface area contributed by atoms with Crippen molar-refractivity contribution in [2.24, 2.45) is 5.92 Å². The normalized spacial score (nSPS) is 11.9. The molecule has 196 valence electrons. The lowest BCUT2D eigenvalue weighted by atomic mass is 9.93. The van der Waals surface area contributed by atoms with Gasteiger partial charge in [-0.3, -0.25) is 9.59 Å². The highest BCUT2D eigenvalue weighted by Gasteiger charge is 2.21. The maximum Gasteiger partial charge on any atom is 0.303 e. The van der Waals surface area contributed by atoms with Gasteiger partial charge in [0.1, 0.15) is 18.2 Å². The molecule has 1 amide bonds. The highest BCUT2D eigenvalue weighted by molar-refractivity contribution is 5.96. The molecule has 0 saturated carbocycles. The largest absolute Gasteiger partial charge is 0.489 e. The fourth-order valence-corrected chi connectivity index (χ4v) is 4.52. The molecule has 0 heterocycles. The van der Waals surface area contributed by atoms with Crippen molar-refractivity contribution < 1.29 is 23.8 Å². The summed E-state index contributed by atoms with van der Waals surface area (Å²) in [6, 6.07) is 15.9. The van der Waals surface area contributed by atoms with Gasteiger partial charge in [-0.25, -0.2) is 4.39 Å². The van der Waals surface area contributed by atoms with E-state index in [9.17, 15) is 19.1 Å². The molecule has 3 aromatic carbocycles. The lowest BCUT2D eigenvalue weighted by Crippen LogP contribution is -2.30. The fraction of sp³-hybridized carbons (Fsp3) is 0.355. The second kappa shape index (κ2) is 12.5. The number of ether oxygens (including phenoxy) is 1. The number of aliphatic carboxylic acids is 1. The molecule has 0 fully saturated rings. The molecular formula is C31H36FNO4. The van der Waals surface area contributed by atoms with Crippen molar-refractivity contribution in [1.82, 2.24) is 5.32 Å². The first kappa shape index (κ1) is 27.9. The quantitative estimate of drug-likeness (QED) is 0.298. The number of benzene rings is 3. The van der Waals surface area contributed by atoms with Crippen molar-refractivity contribution >= 4 is 11.9 Å². The first-order chi connectivity index (χ1) is 17.5. The molecule has 2 N–H and O–H groups in total. The summed E-state index contributed by atoms with van der Waals surface area (Å²) in [5.74, 6) is -0.569. The van der Waals surface area contributed by atoms with E-state index in [-0.39, 0.29) is 37.2 Å². The predicted molar refractivity (Wildman–Crippen MR) is 143 cm³/mol. The summed E-state index contributed by atoms with van der Waals surface area (Å²) in [6.07, 6.45) is 0.942. The Bertz CT molecular complexity index is 1250. The Morgan fingerprint density at radius 1 is 0.973 bits per heavy atom. The Balaban J connectivity index is 1.89. The lowest BCUT2D eigenvalue weighted by Gasteiger charge is -2.23. The fourth-order valence-electron chi connectivity index (χ4n) is 4.52. The van der Waals surface area contributed by atoms with Crippen molar-refractivity contribution in [1.29, 1.82) is 0 Å². The summed E-state index contributed by atoms with van der Waals surface area (Å²) >= 11 is 0. The van der Waals surface area contributed by atoms with Gasteiger partial charge in [0, 0.05) is 12.0 Å². The number of aryl methyl sites for hydroxylation is 4. The lowest BCUT2D eigenvalue weighted by molar-refractivity contribution is -0.136. The van der Waals surface area contributed by atoms with Crippen LogP contribution in [0.15, 0.2) is 54.6 Å². The molecule has 1 atom stereocenters. The Hall–Kier alpha value is -3.67. The Morgan fingerprint density at radius 3 is 2.30 bits per heavy atom. The molecule has 0 aliphatic carbocycles. The van der Waals surface area contributed by atoms with E-state index in [1.165, 1.54) is 12.1 Å². The van der Waals surface area contributed by atoms with E-state index in [4.69, 9.17) is 4.74 Å². The summed E-state index contributed by atoms with van der Waals surface area (Å²) < 4.78 is 19.3. The van der Waals surface area contributed by atoms with Crippen LogP contribution in [0.2, 0.25) is 0 Å². The monoisotopic (exact) mass is 505 g/mol. The first-order valence-electron chi connectivity index (χ1n) is 12.6. The van der Waals surface area contributed by atoms with E-state index >= 15 is 0 Å². The maximum absolute atomic E-state index is 13.6. The second-order valence-electron chi connectivity index (χ2n) is 10.2. The zero-order valence-corrected chi connectivity index (χ0v) is 22.2. The number of carbonyl (C=O) groups excluding carboxylic acids is 1. The summed E-state index contributed by atoms with van der Waals surface area (Å²) in [5, 5.41) is 12.4. The molecule has 0 aromatic heterocycles. The van der Waals surface area contributed by atoms with Crippen molar-refractivity contribution in [3.05, 3.63) is 99.4 Å². The van der Waals surface area contributed by atoms with Crippen LogP contribution in [-0.2, 0) is 17.8 Å². The molecule has 1 unspecified atom stereocenters. The molecule has 0 spiro atoms. The second-order valence-corrected chi connectivity index (χ2v) is 10.2. The molecule has 37 heavy (non-hydrogen) atoms. The van der Waals surface area contributed by atoms with Crippen LogP contribution in [0.25, 0.3) is 0 Å². The van der Waals surface area contributed by atoms with Crippen molar-refractivity contribution in [2.75, 3.05) is 0 Å². The minimum atomic E-state index is -0.918. The molecule has 0 radical (unpaired) electrons. The third kappa shape index (κ3) is 8.17. The van der Waals surface area contributed by atoms with Gasteiger partial charge in [-0.1, -0.05) is 55.3 Å². The van der Waals surface area contributed by atoms with E-state index in [2.05, 4.69) is 37.4 Å². The third-order valence-corrected chi connectivity index (χ3v) is 6.22. The highest BCUT2D eigenvalue weighted by Crippen LogP contribution is 2.26. The highest BCUT2D eigenvalue weighted by atomic mass is 19.1. The van der Waals surface area contributed by atoms with E-state index < -0.39 is 5.97 Å². The van der Waals surface area contributed by atoms with Gasteiger partial charge in [-0.2, -0.15) is 0 Å². The zero-order chi connectivity index (χ0) is 27.1. The summed E-state index contributed by atoms with van der Waals surface area (Å²) in [4.78, 5) is 24.9. The molecule has 0 saturated heterocycles. The Labute approximate surface area is 218 Å². The van der Waals surface area contributed by atoms with Crippen molar-refractivity contribution in [3.8, 4) is 5.75 Å². The number of halogens is 1. The third-order valence-electron chi connectivity index (χ3n) is 6.22. The number of hydrogen-bond donors (Lipinski definition) is 2. The molecule has 0 aliphatic rings. The number of carboxylic acid groups (broad SMARTS) is 1.